The van der Waals surface area contributed by atoms with Crippen LogP contribution in [0.4, 0.5) is 20.4 Å². The van der Waals surface area contributed by atoms with E-state index >= 15 is 0 Å². The molecular formula is C21H17F2N5O4. The molecule has 0 radical (unpaired) electrons. The van der Waals surface area contributed by atoms with Gasteiger partial charge in [0.1, 0.15) is 17.7 Å². The number of piperidine rings is 1. The third kappa shape index (κ3) is 4.02. The molecule has 1 fully saturated rings. The Hall–Kier alpha value is -4.20. The van der Waals surface area contributed by atoms with Crippen LogP contribution >= 0.6 is 0 Å². The van der Waals surface area contributed by atoms with Crippen LogP contribution in [-0.4, -0.2) is 29.9 Å². The number of primary amides is 1. The van der Waals surface area contributed by atoms with Gasteiger partial charge in [0.25, 0.3) is 11.8 Å². The van der Waals surface area contributed by atoms with Crippen molar-refractivity contribution in [3.8, 4) is 17.7 Å². The molecule has 1 aliphatic rings. The van der Waals surface area contributed by atoms with Crippen molar-refractivity contribution in [1.82, 2.24) is 4.98 Å². The van der Waals surface area contributed by atoms with Crippen LogP contribution < -0.4 is 16.0 Å². The second kappa shape index (κ2) is 8.50. The molecule has 0 bridgehead atoms. The number of nitrogens with one attached hydrogen (secondary N) is 1. The summed E-state index contributed by atoms with van der Waals surface area (Å²) in [4.78, 5) is 29.8. The molecule has 0 spiro atoms. The number of carbonyl (C=O) groups is 2. The highest BCUT2D eigenvalue weighted by molar-refractivity contribution is 5.97. The Balaban J connectivity index is 1.43. The van der Waals surface area contributed by atoms with Gasteiger partial charge in [-0.3, -0.25) is 9.59 Å². The molecule has 3 aromatic rings. The van der Waals surface area contributed by atoms with Crippen molar-refractivity contribution in [1.29, 1.82) is 5.26 Å². The lowest BCUT2D eigenvalue weighted by atomic mass is 9.95. The number of aromatic nitrogens is 1. The number of rotatable bonds is 5. The second-order valence-electron chi connectivity index (χ2n) is 7.19. The first-order valence-corrected chi connectivity index (χ1v) is 9.67. The molecule has 1 aromatic carbocycles. The van der Waals surface area contributed by atoms with E-state index in [1.165, 1.54) is 6.26 Å². The quantitative estimate of drug-likeness (QED) is 0.620. The van der Waals surface area contributed by atoms with Crippen molar-refractivity contribution in [2.75, 3.05) is 23.3 Å². The fourth-order valence-corrected chi connectivity index (χ4v) is 3.52. The average Bonchev–Trinajstić information content (AvgIpc) is 3.45. The van der Waals surface area contributed by atoms with Crippen molar-refractivity contribution < 1.29 is 27.2 Å². The van der Waals surface area contributed by atoms with Crippen LogP contribution in [0.2, 0.25) is 0 Å². The molecule has 1 aliphatic heterocycles. The molecule has 2 aromatic heterocycles. The number of hydrogen-bond acceptors (Lipinski definition) is 7. The van der Waals surface area contributed by atoms with Crippen molar-refractivity contribution in [3.05, 3.63) is 53.4 Å². The summed E-state index contributed by atoms with van der Waals surface area (Å²) in [5.41, 5.74) is 4.34. The summed E-state index contributed by atoms with van der Waals surface area (Å²) in [5, 5.41) is 11.8. The van der Waals surface area contributed by atoms with Gasteiger partial charge in [-0.15, -0.1) is 0 Å². The first-order chi connectivity index (χ1) is 15.4. The highest BCUT2D eigenvalue weighted by atomic mass is 19.1. The molecule has 4 rings (SSSR count). The van der Waals surface area contributed by atoms with Crippen LogP contribution in [0.5, 0.6) is 0 Å². The fourth-order valence-electron chi connectivity index (χ4n) is 3.52. The van der Waals surface area contributed by atoms with Gasteiger partial charge in [-0.25, -0.2) is 8.78 Å². The van der Waals surface area contributed by atoms with Crippen LogP contribution in [0.25, 0.3) is 11.7 Å². The Bertz CT molecular complexity index is 1210. The minimum absolute atomic E-state index is 0.103. The molecule has 2 amide bonds. The van der Waals surface area contributed by atoms with Crippen LogP contribution in [0.1, 0.15) is 28.9 Å². The van der Waals surface area contributed by atoms with Gasteiger partial charge in [0.05, 0.1) is 17.5 Å². The Morgan fingerprint density at radius 3 is 2.62 bits per heavy atom. The number of oxazole rings is 1. The Morgan fingerprint density at radius 2 is 2.00 bits per heavy atom. The molecule has 0 aliphatic carbocycles. The number of nitrogens with zero attached hydrogens (tertiary/aromatic N) is 3. The number of nitrogens with two attached hydrogens (primary N) is 1. The van der Waals surface area contributed by atoms with E-state index in [-0.39, 0.29) is 23.2 Å². The monoisotopic (exact) mass is 441 g/mol. The summed E-state index contributed by atoms with van der Waals surface area (Å²) in [5.74, 6) is -3.27. The molecule has 11 heteroatoms. The first-order valence-electron chi connectivity index (χ1n) is 9.67. The van der Waals surface area contributed by atoms with Crippen molar-refractivity contribution in [2.45, 2.75) is 12.8 Å². The Labute approximate surface area is 180 Å². The number of furan rings is 1. The van der Waals surface area contributed by atoms with Crippen molar-refractivity contribution in [2.24, 2.45) is 11.7 Å². The van der Waals surface area contributed by atoms with Gasteiger partial charge in [-0.05, 0) is 31.0 Å². The minimum atomic E-state index is -1.10. The van der Waals surface area contributed by atoms with E-state index in [0.717, 1.165) is 6.07 Å². The maximum Gasteiger partial charge on any atom is 0.266 e. The van der Waals surface area contributed by atoms with Gasteiger partial charge in [-0.2, -0.15) is 10.2 Å². The maximum absolute atomic E-state index is 14.0. The zero-order chi connectivity index (χ0) is 22.8. The maximum atomic E-state index is 14.0. The zero-order valence-corrected chi connectivity index (χ0v) is 16.6. The summed E-state index contributed by atoms with van der Waals surface area (Å²) in [6, 6.07) is 6.70. The second-order valence-corrected chi connectivity index (χ2v) is 7.19. The number of halogens is 2. The van der Waals surface area contributed by atoms with E-state index in [1.54, 1.807) is 17.0 Å². The van der Waals surface area contributed by atoms with Gasteiger partial charge >= 0.3 is 0 Å². The molecule has 3 heterocycles. The van der Waals surface area contributed by atoms with Crippen LogP contribution in [0.15, 0.2) is 39.4 Å². The van der Waals surface area contributed by atoms with E-state index in [1.807, 2.05) is 6.07 Å². The van der Waals surface area contributed by atoms with Gasteiger partial charge < -0.3 is 24.8 Å². The van der Waals surface area contributed by atoms with Gasteiger partial charge in [0.15, 0.2) is 5.76 Å². The lowest BCUT2D eigenvalue weighted by molar-refractivity contribution is -0.120. The molecular weight excluding hydrogens is 424 g/mol. The lowest BCUT2D eigenvalue weighted by Crippen LogP contribution is -2.38. The van der Waals surface area contributed by atoms with E-state index in [2.05, 4.69) is 10.3 Å². The predicted molar refractivity (Wildman–Crippen MR) is 107 cm³/mol. The molecule has 0 unspecified atom stereocenters. The summed E-state index contributed by atoms with van der Waals surface area (Å²) < 4.78 is 38.6. The number of benzene rings is 1. The number of anilines is 2. The van der Waals surface area contributed by atoms with Gasteiger partial charge in [-0.1, -0.05) is 0 Å². The summed E-state index contributed by atoms with van der Waals surface area (Å²) in [7, 11) is 0. The normalized spacial score (nSPS) is 14.2. The Kier molecular flexibility index (Phi) is 5.59. The number of nitriles is 1. The topological polar surface area (TPSA) is 138 Å². The highest BCUT2D eigenvalue weighted by Gasteiger charge is 2.30. The number of amides is 2. The van der Waals surface area contributed by atoms with E-state index in [0.29, 0.717) is 37.8 Å². The van der Waals surface area contributed by atoms with Crippen molar-refractivity contribution in [3.63, 3.8) is 0 Å². The minimum Gasteiger partial charge on any atom is -0.459 e. The average molecular weight is 441 g/mol. The molecule has 32 heavy (non-hydrogen) atoms. The molecule has 0 atom stereocenters. The van der Waals surface area contributed by atoms with E-state index in [9.17, 15) is 23.6 Å². The molecule has 1 saturated heterocycles. The smallest absolute Gasteiger partial charge is 0.266 e. The lowest BCUT2D eigenvalue weighted by Gasteiger charge is -2.31. The first kappa shape index (κ1) is 21.0. The fraction of sp³-hybridized carbons (Fsp3) is 0.238. The third-order valence-electron chi connectivity index (χ3n) is 5.18. The van der Waals surface area contributed by atoms with Gasteiger partial charge in [0, 0.05) is 25.1 Å². The SMILES string of the molecule is N#Cc1nc(-c2ccco2)oc1N1CCC(C(=O)Nc2cc(C(N)=O)c(F)cc2F)CC1. The number of carbonyl (C=O) groups excluding carboxylic acids is 2. The van der Waals surface area contributed by atoms with Gasteiger partial charge in [0.2, 0.25) is 17.5 Å². The largest absolute Gasteiger partial charge is 0.459 e. The number of hydrogen-bond donors (Lipinski definition) is 2. The molecule has 0 saturated carbocycles. The highest BCUT2D eigenvalue weighted by Crippen LogP contribution is 2.31. The summed E-state index contributed by atoms with van der Waals surface area (Å²) in [6.07, 6.45) is 2.24. The predicted octanol–water partition coefficient (Wildman–Crippen LogP) is 3.04. The molecule has 164 valence electrons. The summed E-state index contributed by atoms with van der Waals surface area (Å²) in [6.45, 7) is 0.774. The molecule has 3 N–H and O–H groups in total. The van der Waals surface area contributed by atoms with E-state index in [4.69, 9.17) is 14.6 Å². The van der Waals surface area contributed by atoms with E-state index < -0.39 is 34.9 Å². The molecule has 9 nitrogen and oxygen atoms in total. The van der Waals surface area contributed by atoms with Crippen LogP contribution in [-0.2, 0) is 4.79 Å². The van der Waals surface area contributed by atoms with Crippen LogP contribution in [0.3, 0.4) is 0 Å². The van der Waals surface area contributed by atoms with Crippen LogP contribution in [0, 0.1) is 28.9 Å². The summed E-state index contributed by atoms with van der Waals surface area (Å²) >= 11 is 0. The third-order valence-corrected chi connectivity index (χ3v) is 5.18. The Morgan fingerprint density at radius 1 is 1.25 bits per heavy atom. The van der Waals surface area contributed by atoms with Crippen molar-refractivity contribution >= 4 is 23.4 Å². The zero-order valence-electron chi connectivity index (χ0n) is 16.6. The standard InChI is InChI=1S/C21H17F2N5O4/c22-13-9-14(23)15(8-12(13)18(25)29)26-19(30)11-3-5-28(6-4-11)21-16(10-24)27-20(32-21)17-2-1-7-31-17/h1-2,7-9,11H,3-6H2,(H2,25,29)(H,26,30).